The summed E-state index contributed by atoms with van der Waals surface area (Å²) in [5, 5.41) is 8.67. The molecule has 0 amide bonds. The van der Waals surface area contributed by atoms with E-state index in [0.717, 1.165) is 24.2 Å². The van der Waals surface area contributed by atoms with Crippen molar-refractivity contribution in [1.29, 1.82) is 0 Å². The van der Waals surface area contributed by atoms with Gasteiger partial charge in [-0.1, -0.05) is 44.2 Å². The SMILES string of the molecule is CCc1cccc(N=Nc2ccccc2)c1CC. The Balaban J connectivity index is 2.32. The molecule has 18 heavy (non-hydrogen) atoms. The maximum absolute atomic E-state index is 4.38. The first-order valence-corrected chi connectivity index (χ1v) is 6.42. The van der Waals surface area contributed by atoms with E-state index in [0.29, 0.717) is 0 Å². The predicted octanol–water partition coefficient (Wildman–Crippen LogP) is 5.23. The number of nitrogens with zero attached hydrogens (tertiary/aromatic N) is 2. The lowest BCUT2D eigenvalue weighted by molar-refractivity contribution is 1.02. The molecular weight excluding hydrogens is 220 g/mol. The molecule has 92 valence electrons. The van der Waals surface area contributed by atoms with Crippen molar-refractivity contribution in [2.75, 3.05) is 0 Å². The molecule has 2 aromatic rings. The van der Waals surface area contributed by atoms with Crippen LogP contribution in [-0.4, -0.2) is 0 Å². The van der Waals surface area contributed by atoms with Crippen LogP contribution in [0, 0.1) is 0 Å². The van der Waals surface area contributed by atoms with Gasteiger partial charge in [-0.2, -0.15) is 10.2 Å². The highest BCUT2D eigenvalue weighted by Crippen LogP contribution is 2.26. The summed E-state index contributed by atoms with van der Waals surface area (Å²) in [5.74, 6) is 0. The molecule has 0 saturated heterocycles. The fourth-order valence-corrected chi connectivity index (χ4v) is 2.06. The topological polar surface area (TPSA) is 24.7 Å². The van der Waals surface area contributed by atoms with E-state index >= 15 is 0 Å². The number of azo groups is 1. The zero-order chi connectivity index (χ0) is 12.8. The van der Waals surface area contributed by atoms with Crippen LogP contribution in [0.3, 0.4) is 0 Å². The van der Waals surface area contributed by atoms with E-state index in [9.17, 15) is 0 Å². The van der Waals surface area contributed by atoms with Crippen molar-refractivity contribution in [1.82, 2.24) is 0 Å². The van der Waals surface area contributed by atoms with E-state index in [1.165, 1.54) is 11.1 Å². The summed E-state index contributed by atoms with van der Waals surface area (Å²) in [4.78, 5) is 0. The molecule has 0 bridgehead atoms. The van der Waals surface area contributed by atoms with Gasteiger partial charge in [0.05, 0.1) is 11.4 Å². The van der Waals surface area contributed by atoms with Crippen molar-refractivity contribution in [3.8, 4) is 0 Å². The third-order valence-corrected chi connectivity index (χ3v) is 3.01. The van der Waals surface area contributed by atoms with Crippen LogP contribution in [0.2, 0.25) is 0 Å². The summed E-state index contributed by atoms with van der Waals surface area (Å²) < 4.78 is 0. The smallest absolute Gasteiger partial charge is 0.0891 e. The van der Waals surface area contributed by atoms with E-state index < -0.39 is 0 Å². The van der Waals surface area contributed by atoms with Gasteiger partial charge in [-0.15, -0.1) is 0 Å². The molecule has 0 radical (unpaired) electrons. The fourth-order valence-electron chi connectivity index (χ4n) is 2.06. The minimum Gasteiger partial charge on any atom is -0.151 e. The molecule has 0 N–H and O–H groups in total. The zero-order valence-corrected chi connectivity index (χ0v) is 10.9. The van der Waals surface area contributed by atoms with Gasteiger partial charge in [0, 0.05) is 0 Å². The molecule has 2 aromatic carbocycles. The average molecular weight is 238 g/mol. The molecule has 0 fully saturated rings. The standard InChI is InChI=1S/C16H18N2/c1-3-13-9-8-12-16(15(13)4-2)18-17-14-10-6-5-7-11-14/h5-12H,3-4H2,1-2H3. The first-order chi connectivity index (χ1) is 8.85. The van der Waals surface area contributed by atoms with Crippen LogP contribution in [0.1, 0.15) is 25.0 Å². The van der Waals surface area contributed by atoms with Crippen LogP contribution < -0.4 is 0 Å². The molecule has 0 unspecified atom stereocenters. The monoisotopic (exact) mass is 238 g/mol. The summed E-state index contributed by atoms with van der Waals surface area (Å²) >= 11 is 0. The molecule has 2 rings (SSSR count). The molecule has 0 atom stereocenters. The first-order valence-electron chi connectivity index (χ1n) is 6.42. The molecule has 0 aromatic heterocycles. The minimum atomic E-state index is 0.890. The molecule has 0 spiro atoms. The Labute approximate surface area is 108 Å². The van der Waals surface area contributed by atoms with Crippen LogP contribution in [0.4, 0.5) is 11.4 Å². The second-order valence-corrected chi connectivity index (χ2v) is 4.16. The van der Waals surface area contributed by atoms with Crippen molar-refractivity contribution >= 4 is 11.4 Å². The van der Waals surface area contributed by atoms with Gasteiger partial charge < -0.3 is 0 Å². The Hall–Kier alpha value is -1.96. The normalized spacial score (nSPS) is 11.0. The van der Waals surface area contributed by atoms with Gasteiger partial charge in [0.1, 0.15) is 0 Å². The average Bonchev–Trinajstić information content (AvgIpc) is 2.45. The number of rotatable bonds is 4. The lowest BCUT2D eigenvalue weighted by atomic mass is 10.0. The summed E-state index contributed by atoms with van der Waals surface area (Å²) in [5.41, 5.74) is 4.55. The fraction of sp³-hybridized carbons (Fsp3) is 0.250. The highest BCUT2D eigenvalue weighted by Gasteiger charge is 2.04. The first kappa shape index (κ1) is 12.5. The molecule has 0 aliphatic carbocycles. The van der Waals surface area contributed by atoms with Gasteiger partial charge in [0.2, 0.25) is 0 Å². The predicted molar refractivity (Wildman–Crippen MR) is 75.8 cm³/mol. The second-order valence-electron chi connectivity index (χ2n) is 4.16. The van der Waals surface area contributed by atoms with Crippen LogP contribution in [0.5, 0.6) is 0 Å². The maximum Gasteiger partial charge on any atom is 0.0891 e. The van der Waals surface area contributed by atoms with Crippen molar-refractivity contribution in [3.05, 3.63) is 59.7 Å². The number of hydrogen-bond acceptors (Lipinski definition) is 2. The molecule has 0 aliphatic heterocycles. The lowest BCUT2D eigenvalue weighted by Gasteiger charge is -2.07. The largest absolute Gasteiger partial charge is 0.151 e. The van der Waals surface area contributed by atoms with Gasteiger partial charge >= 0.3 is 0 Å². The molecule has 0 saturated carbocycles. The van der Waals surface area contributed by atoms with Crippen molar-refractivity contribution in [2.45, 2.75) is 26.7 Å². The Morgan fingerprint density at radius 3 is 2.22 bits per heavy atom. The van der Waals surface area contributed by atoms with Crippen LogP contribution in [0.25, 0.3) is 0 Å². The summed E-state index contributed by atoms with van der Waals surface area (Å²) in [6.45, 7) is 4.34. The van der Waals surface area contributed by atoms with Crippen molar-refractivity contribution < 1.29 is 0 Å². The summed E-state index contributed by atoms with van der Waals surface area (Å²) in [6.07, 6.45) is 2.03. The third kappa shape index (κ3) is 2.83. The summed E-state index contributed by atoms with van der Waals surface area (Å²) in [6, 6.07) is 16.1. The van der Waals surface area contributed by atoms with Gasteiger partial charge in [-0.25, -0.2) is 0 Å². The van der Waals surface area contributed by atoms with Gasteiger partial charge in [-0.05, 0) is 42.2 Å². The number of hydrogen-bond donors (Lipinski definition) is 0. The molecule has 2 nitrogen and oxygen atoms in total. The van der Waals surface area contributed by atoms with E-state index in [1.54, 1.807) is 0 Å². The molecule has 0 heterocycles. The minimum absolute atomic E-state index is 0.890. The zero-order valence-electron chi connectivity index (χ0n) is 10.9. The number of benzene rings is 2. The third-order valence-electron chi connectivity index (χ3n) is 3.01. The maximum atomic E-state index is 4.38. The highest BCUT2D eigenvalue weighted by molar-refractivity contribution is 5.50. The molecule has 0 aliphatic rings. The molecular formula is C16H18N2. The van der Waals surface area contributed by atoms with E-state index in [1.807, 2.05) is 36.4 Å². The van der Waals surface area contributed by atoms with E-state index in [2.05, 4.69) is 36.2 Å². The van der Waals surface area contributed by atoms with Gasteiger partial charge in [-0.3, -0.25) is 0 Å². The Kier molecular flexibility index (Phi) is 4.24. The molecule has 2 heteroatoms. The van der Waals surface area contributed by atoms with E-state index in [-0.39, 0.29) is 0 Å². The quantitative estimate of drug-likeness (QED) is 0.652. The number of aryl methyl sites for hydroxylation is 1. The van der Waals surface area contributed by atoms with Crippen LogP contribution in [-0.2, 0) is 12.8 Å². The lowest BCUT2D eigenvalue weighted by Crippen LogP contribution is -1.90. The Morgan fingerprint density at radius 1 is 0.778 bits per heavy atom. The van der Waals surface area contributed by atoms with E-state index in [4.69, 9.17) is 0 Å². The highest BCUT2D eigenvalue weighted by atomic mass is 15.1. The summed E-state index contributed by atoms with van der Waals surface area (Å²) in [7, 11) is 0. The Bertz CT molecular complexity index is 530. The van der Waals surface area contributed by atoms with Crippen molar-refractivity contribution in [2.24, 2.45) is 10.2 Å². The van der Waals surface area contributed by atoms with Crippen molar-refractivity contribution in [3.63, 3.8) is 0 Å². The second kappa shape index (κ2) is 6.10. The van der Waals surface area contributed by atoms with Gasteiger partial charge in [0.25, 0.3) is 0 Å². The van der Waals surface area contributed by atoms with Crippen LogP contribution in [0.15, 0.2) is 58.8 Å². The Morgan fingerprint density at radius 2 is 1.56 bits per heavy atom. The van der Waals surface area contributed by atoms with Crippen LogP contribution >= 0.6 is 0 Å². The van der Waals surface area contributed by atoms with Gasteiger partial charge in [0.15, 0.2) is 0 Å².